The fourth-order valence-corrected chi connectivity index (χ4v) is 3.72. The third kappa shape index (κ3) is 5.67. The molecule has 0 saturated carbocycles. The zero-order valence-corrected chi connectivity index (χ0v) is 18.4. The second-order valence-electron chi connectivity index (χ2n) is 7.86. The quantitative estimate of drug-likeness (QED) is 0.396. The average molecular weight is 481 g/mol. The number of carbonyl (C=O) groups is 1. The molecule has 1 heterocycles. The number of carbonyl (C=O) groups excluding carboxylic acids is 1. The van der Waals surface area contributed by atoms with Crippen molar-refractivity contribution in [1.29, 1.82) is 0 Å². The summed E-state index contributed by atoms with van der Waals surface area (Å²) < 4.78 is 79.9. The molecule has 0 unspecified atom stereocenters. The van der Waals surface area contributed by atoms with Crippen LogP contribution in [0.5, 0.6) is 0 Å². The molecule has 3 rings (SSSR count). The smallest absolute Gasteiger partial charge is 0.325 e. The molecule has 0 fully saturated rings. The minimum Gasteiger partial charge on any atom is -0.325 e. The van der Waals surface area contributed by atoms with E-state index >= 15 is 0 Å². The van der Waals surface area contributed by atoms with Crippen LogP contribution in [-0.2, 0) is 12.4 Å². The highest BCUT2D eigenvalue weighted by Gasteiger charge is 2.37. The molecule has 4 nitrogen and oxygen atoms in total. The van der Waals surface area contributed by atoms with Gasteiger partial charge in [0.25, 0.3) is 0 Å². The van der Waals surface area contributed by atoms with Crippen LogP contribution in [0.3, 0.4) is 0 Å². The van der Waals surface area contributed by atoms with Crippen molar-refractivity contribution < 1.29 is 31.1 Å². The van der Waals surface area contributed by atoms with E-state index in [1.54, 1.807) is 13.8 Å². The van der Waals surface area contributed by atoms with Gasteiger partial charge in [0.1, 0.15) is 0 Å². The predicted octanol–water partition coefficient (Wildman–Crippen LogP) is 6.96. The lowest BCUT2D eigenvalue weighted by Gasteiger charge is -2.23. The number of benzene rings is 2. The van der Waals surface area contributed by atoms with E-state index in [-0.39, 0.29) is 5.56 Å². The lowest BCUT2D eigenvalue weighted by atomic mass is 9.98. The Balaban J connectivity index is 2.02. The number of halogens is 6. The molecule has 1 aromatic heterocycles. The average Bonchev–Trinajstić information content (AvgIpc) is 2.73. The molecular formula is C24H21F6N3O. The largest absolute Gasteiger partial charge is 0.418 e. The van der Waals surface area contributed by atoms with Crippen molar-refractivity contribution in [3.8, 4) is 0 Å². The van der Waals surface area contributed by atoms with Crippen LogP contribution in [0.2, 0.25) is 0 Å². The number of anilines is 1. The molecule has 0 spiro atoms. The minimum absolute atomic E-state index is 0.00435. The van der Waals surface area contributed by atoms with Gasteiger partial charge in [-0.2, -0.15) is 26.3 Å². The van der Waals surface area contributed by atoms with Crippen LogP contribution in [-0.4, -0.2) is 11.0 Å². The van der Waals surface area contributed by atoms with Gasteiger partial charge in [0.15, 0.2) is 0 Å². The fourth-order valence-electron chi connectivity index (χ4n) is 3.72. The number of hydrogen-bond donors (Lipinski definition) is 2. The van der Waals surface area contributed by atoms with E-state index in [0.29, 0.717) is 5.69 Å². The maximum absolute atomic E-state index is 13.7. The maximum atomic E-state index is 13.7. The Labute approximate surface area is 192 Å². The number of aromatic nitrogens is 1. The number of aryl methyl sites for hydroxylation is 3. The van der Waals surface area contributed by atoms with E-state index in [2.05, 4.69) is 15.6 Å². The van der Waals surface area contributed by atoms with Gasteiger partial charge in [-0.15, -0.1) is 0 Å². The molecule has 0 aliphatic rings. The van der Waals surface area contributed by atoms with Crippen molar-refractivity contribution in [2.24, 2.45) is 0 Å². The van der Waals surface area contributed by atoms with Crippen LogP contribution < -0.4 is 10.6 Å². The lowest BCUT2D eigenvalue weighted by Crippen LogP contribution is -2.35. The van der Waals surface area contributed by atoms with Crippen molar-refractivity contribution in [3.05, 3.63) is 93.8 Å². The van der Waals surface area contributed by atoms with Gasteiger partial charge in [-0.3, -0.25) is 4.98 Å². The number of urea groups is 1. The van der Waals surface area contributed by atoms with Crippen molar-refractivity contribution in [2.45, 2.75) is 39.2 Å². The second kappa shape index (κ2) is 9.36. The number of pyridine rings is 1. The summed E-state index contributed by atoms with van der Waals surface area (Å²) in [5, 5.41) is 5.07. The maximum Gasteiger partial charge on any atom is 0.418 e. The van der Waals surface area contributed by atoms with Gasteiger partial charge in [-0.05, 0) is 61.7 Å². The Hall–Kier alpha value is -3.56. The first-order valence-corrected chi connectivity index (χ1v) is 10.1. The van der Waals surface area contributed by atoms with Gasteiger partial charge >= 0.3 is 18.4 Å². The van der Waals surface area contributed by atoms with Gasteiger partial charge < -0.3 is 10.6 Å². The van der Waals surface area contributed by atoms with Crippen molar-refractivity contribution >= 4 is 11.7 Å². The highest BCUT2D eigenvalue weighted by molar-refractivity contribution is 5.91. The van der Waals surface area contributed by atoms with Crippen LogP contribution in [0.25, 0.3) is 0 Å². The second-order valence-corrected chi connectivity index (χ2v) is 7.86. The molecule has 10 heteroatoms. The molecule has 0 radical (unpaired) electrons. The molecule has 2 aromatic carbocycles. The number of hydrogen-bond acceptors (Lipinski definition) is 2. The van der Waals surface area contributed by atoms with Gasteiger partial charge in [0, 0.05) is 11.9 Å². The third-order valence-corrected chi connectivity index (χ3v) is 5.18. The van der Waals surface area contributed by atoms with Gasteiger partial charge in [0.2, 0.25) is 0 Å². The Morgan fingerprint density at radius 2 is 1.47 bits per heavy atom. The molecule has 3 aromatic rings. The summed E-state index contributed by atoms with van der Waals surface area (Å²) in [7, 11) is 0. The Morgan fingerprint density at radius 3 is 2.00 bits per heavy atom. The van der Waals surface area contributed by atoms with Gasteiger partial charge in [-0.25, -0.2) is 4.79 Å². The summed E-state index contributed by atoms with van der Waals surface area (Å²) in [4.78, 5) is 16.6. The first kappa shape index (κ1) is 25.1. The van der Waals surface area contributed by atoms with Crippen molar-refractivity contribution in [1.82, 2.24) is 10.3 Å². The van der Waals surface area contributed by atoms with Crippen LogP contribution >= 0.6 is 0 Å². The first-order valence-electron chi connectivity index (χ1n) is 10.1. The minimum atomic E-state index is -4.80. The number of amides is 2. The van der Waals surface area contributed by atoms with Crippen LogP contribution in [0.15, 0.2) is 54.7 Å². The first-order chi connectivity index (χ1) is 15.8. The Kier molecular flexibility index (Phi) is 6.90. The molecule has 34 heavy (non-hydrogen) atoms. The van der Waals surface area contributed by atoms with Crippen LogP contribution in [0.4, 0.5) is 36.8 Å². The zero-order valence-electron chi connectivity index (χ0n) is 18.4. The molecule has 180 valence electrons. The molecule has 0 aliphatic heterocycles. The summed E-state index contributed by atoms with van der Waals surface area (Å²) in [5.41, 5.74) is 0.315. The molecule has 2 N–H and O–H groups in total. The lowest BCUT2D eigenvalue weighted by molar-refractivity contribution is -0.139. The molecule has 0 saturated heterocycles. The van der Waals surface area contributed by atoms with Crippen molar-refractivity contribution in [3.63, 3.8) is 0 Å². The number of alkyl halides is 6. The molecule has 0 bridgehead atoms. The van der Waals surface area contributed by atoms with Gasteiger partial charge in [-0.1, -0.05) is 29.8 Å². The molecular weight excluding hydrogens is 460 g/mol. The van der Waals surface area contributed by atoms with Crippen molar-refractivity contribution in [2.75, 3.05) is 5.32 Å². The summed E-state index contributed by atoms with van der Waals surface area (Å²) in [6.07, 6.45) is -8.30. The number of nitrogens with zero attached hydrogens (tertiary/aromatic N) is 1. The summed E-state index contributed by atoms with van der Waals surface area (Å²) in [5.74, 6) is 0. The van der Waals surface area contributed by atoms with E-state index < -0.39 is 41.2 Å². The Morgan fingerprint density at radius 1 is 0.882 bits per heavy atom. The zero-order chi connectivity index (χ0) is 25.3. The summed E-state index contributed by atoms with van der Waals surface area (Å²) in [6, 6.07) is 6.77. The Bertz CT molecular complexity index is 1160. The molecule has 2 amide bonds. The SMILES string of the molecule is Cc1cc(C)c(NC(=O)N[C@@H](c2ccc(C(F)(F)F)cc2)c2ncccc2C(F)(F)F)c(C)c1. The highest BCUT2D eigenvalue weighted by atomic mass is 19.4. The normalized spacial score (nSPS) is 12.9. The molecule has 1 atom stereocenters. The third-order valence-electron chi connectivity index (χ3n) is 5.18. The monoisotopic (exact) mass is 481 g/mol. The van der Waals surface area contributed by atoms with Gasteiger partial charge in [0.05, 0.1) is 22.9 Å². The number of rotatable bonds is 4. The van der Waals surface area contributed by atoms with E-state index in [1.165, 1.54) is 0 Å². The van der Waals surface area contributed by atoms with E-state index in [9.17, 15) is 31.1 Å². The van der Waals surface area contributed by atoms with E-state index in [4.69, 9.17) is 0 Å². The fraction of sp³-hybridized carbons (Fsp3) is 0.250. The number of nitrogens with one attached hydrogen (secondary N) is 2. The van der Waals surface area contributed by atoms with E-state index in [1.807, 2.05) is 19.1 Å². The molecule has 0 aliphatic carbocycles. The standard InChI is InChI=1S/C24H21F6N3O/c1-13-11-14(2)19(15(3)12-13)32-22(34)33-20(16-6-8-17(9-7-16)23(25,26)27)21-18(24(28,29)30)5-4-10-31-21/h4-12,20H,1-3H3,(H2,32,33,34)/t20-/m0/s1. The highest BCUT2D eigenvalue weighted by Crippen LogP contribution is 2.36. The van der Waals surface area contributed by atoms with Crippen LogP contribution in [0.1, 0.15) is 45.1 Å². The van der Waals surface area contributed by atoms with E-state index in [0.717, 1.165) is 59.3 Å². The predicted molar refractivity (Wildman–Crippen MR) is 115 cm³/mol. The summed E-state index contributed by atoms with van der Waals surface area (Å²) >= 11 is 0. The van der Waals surface area contributed by atoms with Crippen LogP contribution in [0, 0.1) is 20.8 Å². The topological polar surface area (TPSA) is 54.0 Å². The summed E-state index contributed by atoms with van der Waals surface area (Å²) in [6.45, 7) is 5.41.